The molecule has 13 heavy (non-hydrogen) atoms. The van der Waals surface area contributed by atoms with Gasteiger partial charge in [0.1, 0.15) is 0 Å². The molecule has 0 aromatic heterocycles. The van der Waals surface area contributed by atoms with E-state index in [0.717, 1.165) is 25.9 Å². The molecule has 0 aromatic rings. The summed E-state index contributed by atoms with van der Waals surface area (Å²) in [6, 6.07) is 0. The topological polar surface area (TPSA) is 32.3 Å². The number of carbonyl (C=O) groups is 1. The Hall–Kier alpha value is -0.570. The van der Waals surface area contributed by atoms with Crippen molar-refractivity contribution in [2.45, 2.75) is 31.8 Å². The van der Waals surface area contributed by atoms with Gasteiger partial charge >= 0.3 is 0 Å². The number of fused-ring (bicyclic) bond motifs is 1. The third-order valence-electron chi connectivity index (χ3n) is 3.86. The zero-order chi connectivity index (χ0) is 8.84. The summed E-state index contributed by atoms with van der Waals surface area (Å²) in [6.07, 6.45) is 5.18. The molecular weight excluding hydrogens is 164 g/mol. The summed E-state index contributed by atoms with van der Waals surface area (Å²) < 4.78 is 0. The average Bonchev–Trinajstić information content (AvgIpc) is 2.60. The minimum atomic E-state index is 0.373. The predicted molar refractivity (Wildman–Crippen MR) is 49.0 cm³/mol. The van der Waals surface area contributed by atoms with Gasteiger partial charge < -0.3 is 4.90 Å². The maximum atomic E-state index is 11.8. The van der Waals surface area contributed by atoms with Gasteiger partial charge in [-0.1, -0.05) is 0 Å². The van der Waals surface area contributed by atoms with E-state index in [0.29, 0.717) is 23.9 Å². The van der Waals surface area contributed by atoms with Crippen molar-refractivity contribution >= 4 is 5.91 Å². The van der Waals surface area contributed by atoms with E-state index in [2.05, 4.69) is 10.2 Å². The Balaban J connectivity index is 1.73. The van der Waals surface area contributed by atoms with Gasteiger partial charge in [0.05, 0.1) is 6.17 Å². The smallest absolute Gasteiger partial charge is 0.227 e. The van der Waals surface area contributed by atoms with E-state index in [1.54, 1.807) is 0 Å². The average molecular weight is 180 g/mol. The fourth-order valence-electron chi connectivity index (χ4n) is 2.88. The number of hydrogen-bond acceptors (Lipinski definition) is 2. The molecule has 3 heteroatoms. The summed E-state index contributed by atoms with van der Waals surface area (Å²) >= 11 is 0. The van der Waals surface area contributed by atoms with Crippen LogP contribution in [0.5, 0.6) is 0 Å². The van der Waals surface area contributed by atoms with Crippen LogP contribution in [0.1, 0.15) is 25.7 Å². The number of hydrogen-bond donors (Lipinski definition) is 1. The highest BCUT2D eigenvalue weighted by Crippen LogP contribution is 2.42. The molecule has 3 rings (SSSR count). The molecular formula is C10H16N2O. The first-order valence-corrected chi connectivity index (χ1v) is 5.40. The lowest BCUT2D eigenvalue weighted by Gasteiger charge is -2.25. The second kappa shape index (κ2) is 2.71. The molecule has 1 aliphatic carbocycles. The van der Waals surface area contributed by atoms with Gasteiger partial charge in [-0.15, -0.1) is 0 Å². The van der Waals surface area contributed by atoms with Crippen LogP contribution in [0.3, 0.4) is 0 Å². The van der Waals surface area contributed by atoms with Gasteiger partial charge in [0.25, 0.3) is 0 Å². The van der Waals surface area contributed by atoms with E-state index in [1.807, 2.05) is 0 Å². The fraction of sp³-hybridized carbons (Fsp3) is 0.900. The molecule has 72 valence electrons. The quantitative estimate of drug-likeness (QED) is 0.639. The molecule has 2 saturated heterocycles. The molecule has 1 saturated carbocycles. The van der Waals surface area contributed by atoms with Crippen LogP contribution in [0.2, 0.25) is 0 Å². The highest BCUT2D eigenvalue weighted by Gasteiger charge is 2.48. The number of likely N-dealkylation sites (tertiary alicyclic amines) is 1. The standard InChI is InChI=1S/C10H16N2O/c13-10-8-4-3-7(8)6-12(10)9-2-1-5-11-9/h7-9,11H,1-6H2. The lowest BCUT2D eigenvalue weighted by atomic mass is 9.76. The van der Waals surface area contributed by atoms with Crippen LogP contribution < -0.4 is 5.32 Å². The van der Waals surface area contributed by atoms with Crippen molar-refractivity contribution in [3.8, 4) is 0 Å². The number of amides is 1. The van der Waals surface area contributed by atoms with Gasteiger partial charge in [-0.25, -0.2) is 0 Å². The zero-order valence-corrected chi connectivity index (χ0v) is 7.83. The molecule has 3 nitrogen and oxygen atoms in total. The van der Waals surface area contributed by atoms with Crippen molar-refractivity contribution in [1.82, 2.24) is 10.2 Å². The van der Waals surface area contributed by atoms with Crippen LogP contribution in [0.4, 0.5) is 0 Å². The molecule has 3 fully saturated rings. The fourth-order valence-corrected chi connectivity index (χ4v) is 2.88. The lowest BCUT2D eigenvalue weighted by Crippen LogP contribution is -2.43. The second-order valence-corrected chi connectivity index (χ2v) is 4.55. The van der Waals surface area contributed by atoms with Crippen molar-refractivity contribution in [2.75, 3.05) is 13.1 Å². The first-order valence-electron chi connectivity index (χ1n) is 5.40. The molecule has 3 aliphatic rings. The van der Waals surface area contributed by atoms with E-state index in [4.69, 9.17) is 0 Å². The summed E-state index contributed by atoms with van der Waals surface area (Å²) in [4.78, 5) is 13.9. The Bertz CT molecular complexity index is 235. The van der Waals surface area contributed by atoms with Gasteiger partial charge in [-0.3, -0.25) is 10.1 Å². The molecule has 0 bridgehead atoms. The van der Waals surface area contributed by atoms with Crippen LogP contribution >= 0.6 is 0 Å². The van der Waals surface area contributed by atoms with Gasteiger partial charge in [-0.2, -0.15) is 0 Å². The number of rotatable bonds is 1. The molecule has 3 atom stereocenters. The second-order valence-electron chi connectivity index (χ2n) is 4.55. The first-order chi connectivity index (χ1) is 6.36. The van der Waals surface area contributed by atoms with Crippen molar-refractivity contribution in [3.63, 3.8) is 0 Å². The Kier molecular flexibility index (Phi) is 1.62. The lowest BCUT2D eigenvalue weighted by molar-refractivity contribution is -0.134. The first kappa shape index (κ1) is 7.80. The SMILES string of the molecule is O=C1C2CCC2CN1C1CCCN1. The van der Waals surface area contributed by atoms with Crippen molar-refractivity contribution in [2.24, 2.45) is 11.8 Å². The van der Waals surface area contributed by atoms with Gasteiger partial charge in [0.2, 0.25) is 5.91 Å². The minimum absolute atomic E-state index is 0.373. The van der Waals surface area contributed by atoms with Crippen molar-refractivity contribution in [3.05, 3.63) is 0 Å². The normalized spacial score (nSPS) is 43.5. The molecule has 1 amide bonds. The van der Waals surface area contributed by atoms with E-state index in [-0.39, 0.29) is 0 Å². The Morgan fingerprint density at radius 2 is 2.23 bits per heavy atom. The summed E-state index contributed by atoms with van der Waals surface area (Å²) in [5.74, 6) is 1.54. The van der Waals surface area contributed by atoms with E-state index >= 15 is 0 Å². The maximum absolute atomic E-state index is 11.8. The van der Waals surface area contributed by atoms with Crippen LogP contribution in [-0.2, 0) is 4.79 Å². The molecule has 0 spiro atoms. The molecule has 2 heterocycles. The number of nitrogens with zero attached hydrogens (tertiary/aromatic N) is 1. The third kappa shape index (κ3) is 1.03. The summed E-state index contributed by atoms with van der Waals surface area (Å²) in [5.41, 5.74) is 0. The Morgan fingerprint density at radius 3 is 2.69 bits per heavy atom. The van der Waals surface area contributed by atoms with Gasteiger partial charge in [0.15, 0.2) is 0 Å². The van der Waals surface area contributed by atoms with Crippen molar-refractivity contribution < 1.29 is 4.79 Å². The van der Waals surface area contributed by atoms with Crippen LogP contribution in [-0.4, -0.2) is 30.1 Å². The summed E-state index contributed by atoms with van der Waals surface area (Å²) in [6.45, 7) is 2.12. The van der Waals surface area contributed by atoms with Gasteiger partial charge in [0, 0.05) is 12.5 Å². The molecule has 3 unspecified atom stereocenters. The molecule has 2 aliphatic heterocycles. The highest BCUT2D eigenvalue weighted by molar-refractivity contribution is 5.82. The van der Waals surface area contributed by atoms with Crippen molar-refractivity contribution in [1.29, 1.82) is 0 Å². The molecule has 1 N–H and O–H groups in total. The summed E-state index contributed by atoms with van der Waals surface area (Å²) in [7, 11) is 0. The Labute approximate surface area is 78.5 Å². The monoisotopic (exact) mass is 180 g/mol. The van der Waals surface area contributed by atoms with Gasteiger partial charge in [-0.05, 0) is 38.1 Å². The minimum Gasteiger partial charge on any atom is -0.327 e. The predicted octanol–water partition coefficient (Wildman–Crippen LogP) is 0.564. The van der Waals surface area contributed by atoms with Crippen LogP contribution in [0.15, 0.2) is 0 Å². The molecule has 0 radical (unpaired) electrons. The van der Waals surface area contributed by atoms with E-state index in [9.17, 15) is 4.79 Å². The number of nitrogens with one attached hydrogen (secondary N) is 1. The largest absolute Gasteiger partial charge is 0.327 e. The van der Waals surface area contributed by atoms with E-state index in [1.165, 1.54) is 12.8 Å². The summed E-state index contributed by atoms with van der Waals surface area (Å²) in [5, 5.41) is 3.40. The third-order valence-corrected chi connectivity index (χ3v) is 3.86. The zero-order valence-electron chi connectivity index (χ0n) is 7.83. The van der Waals surface area contributed by atoms with Crippen LogP contribution in [0.25, 0.3) is 0 Å². The van der Waals surface area contributed by atoms with E-state index < -0.39 is 0 Å². The maximum Gasteiger partial charge on any atom is 0.227 e. The van der Waals surface area contributed by atoms with Crippen LogP contribution in [0, 0.1) is 11.8 Å². The number of carbonyl (C=O) groups excluding carboxylic acids is 1. The highest BCUT2D eigenvalue weighted by atomic mass is 16.2. The molecule has 0 aromatic carbocycles. The Morgan fingerprint density at radius 1 is 1.31 bits per heavy atom.